The molecule has 26 heavy (non-hydrogen) atoms. The maximum absolute atomic E-state index is 12.8. The third-order valence-corrected chi connectivity index (χ3v) is 5.78. The number of para-hydroxylation sites is 1. The van der Waals surface area contributed by atoms with Crippen LogP contribution >= 0.6 is 12.4 Å². The van der Waals surface area contributed by atoms with Gasteiger partial charge in [-0.3, -0.25) is 9.59 Å². The number of carbonyl (C=O) groups excluding carboxylic acids is 2. The smallest absolute Gasteiger partial charge is 0.228 e. The number of hydrogen-bond donors (Lipinski definition) is 1. The zero-order valence-corrected chi connectivity index (χ0v) is 16.5. The number of nitrogens with zero attached hydrogens (tertiary/aromatic N) is 2. The Bertz CT molecular complexity index is 652. The molecule has 144 valence electrons. The van der Waals surface area contributed by atoms with E-state index in [1.165, 1.54) is 5.56 Å². The van der Waals surface area contributed by atoms with Crippen LogP contribution in [0.3, 0.4) is 0 Å². The predicted molar refractivity (Wildman–Crippen MR) is 107 cm³/mol. The number of carbonyl (C=O) groups is 2. The summed E-state index contributed by atoms with van der Waals surface area (Å²) in [6.45, 7) is 6.97. The van der Waals surface area contributed by atoms with Crippen molar-refractivity contribution in [1.82, 2.24) is 4.90 Å². The topological polar surface area (TPSA) is 66.6 Å². The summed E-state index contributed by atoms with van der Waals surface area (Å²) in [5, 5.41) is 0. The van der Waals surface area contributed by atoms with Crippen LogP contribution in [0.1, 0.15) is 44.6 Å². The van der Waals surface area contributed by atoms with E-state index in [9.17, 15) is 9.59 Å². The van der Waals surface area contributed by atoms with Crippen LogP contribution in [-0.2, 0) is 9.59 Å². The molecule has 2 N–H and O–H groups in total. The normalized spacial score (nSPS) is 23.9. The number of nitrogens with two attached hydrogens (primary N) is 1. The van der Waals surface area contributed by atoms with Crippen LogP contribution in [0, 0.1) is 11.8 Å². The average molecular weight is 380 g/mol. The number of likely N-dealkylation sites (tertiary alicyclic amines) is 1. The molecule has 2 saturated heterocycles. The first-order valence-electron chi connectivity index (χ1n) is 9.43. The molecular formula is C20H30ClN3O2. The molecule has 1 aromatic rings. The highest BCUT2D eigenvalue weighted by Crippen LogP contribution is 2.34. The lowest BCUT2D eigenvalue weighted by atomic mass is 9.96. The minimum atomic E-state index is -0.228. The Morgan fingerprint density at radius 3 is 2.69 bits per heavy atom. The second-order valence-corrected chi connectivity index (χ2v) is 7.45. The fourth-order valence-electron chi connectivity index (χ4n) is 3.96. The Balaban J connectivity index is 0.00000243. The molecule has 3 atom stereocenters. The molecule has 0 bridgehead atoms. The van der Waals surface area contributed by atoms with E-state index < -0.39 is 0 Å². The van der Waals surface area contributed by atoms with Crippen LogP contribution in [0.5, 0.6) is 0 Å². The van der Waals surface area contributed by atoms with Gasteiger partial charge in [-0.05, 0) is 42.9 Å². The molecule has 3 unspecified atom stereocenters. The van der Waals surface area contributed by atoms with Crippen molar-refractivity contribution in [3.8, 4) is 0 Å². The van der Waals surface area contributed by atoms with Gasteiger partial charge < -0.3 is 15.5 Å². The summed E-state index contributed by atoms with van der Waals surface area (Å²) < 4.78 is 0. The molecule has 0 aliphatic carbocycles. The molecule has 2 aliphatic heterocycles. The number of rotatable bonds is 5. The summed E-state index contributed by atoms with van der Waals surface area (Å²) in [4.78, 5) is 29.2. The van der Waals surface area contributed by atoms with Crippen LogP contribution in [-0.4, -0.2) is 42.9 Å². The van der Waals surface area contributed by atoms with Gasteiger partial charge in [0.05, 0.1) is 5.92 Å². The highest BCUT2D eigenvalue weighted by atomic mass is 35.5. The first-order chi connectivity index (χ1) is 12.0. The van der Waals surface area contributed by atoms with Crippen molar-refractivity contribution in [2.75, 3.05) is 31.1 Å². The lowest BCUT2D eigenvalue weighted by Gasteiger charge is -2.24. The van der Waals surface area contributed by atoms with Gasteiger partial charge in [0.1, 0.15) is 0 Å². The summed E-state index contributed by atoms with van der Waals surface area (Å²) in [5.74, 6) is 0.747. The molecule has 2 aliphatic rings. The van der Waals surface area contributed by atoms with Crippen molar-refractivity contribution >= 4 is 29.9 Å². The van der Waals surface area contributed by atoms with Crippen molar-refractivity contribution in [1.29, 1.82) is 0 Å². The van der Waals surface area contributed by atoms with E-state index in [-0.39, 0.29) is 30.1 Å². The van der Waals surface area contributed by atoms with E-state index in [4.69, 9.17) is 5.73 Å². The molecule has 5 nitrogen and oxygen atoms in total. The molecular weight excluding hydrogens is 350 g/mol. The molecule has 3 rings (SSSR count). The van der Waals surface area contributed by atoms with Crippen molar-refractivity contribution in [3.05, 3.63) is 29.8 Å². The molecule has 6 heteroatoms. The summed E-state index contributed by atoms with van der Waals surface area (Å²) >= 11 is 0. The van der Waals surface area contributed by atoms with Gasteiger partial charge in [0, 0.05) is 31.7 Å². The predicted octanol–water partition coefficient (Wildman–Crippen LogP) is 2.78. The van der Waals surface area contributed by atoms with E-state index >= 15 is 0 Å². The summed E-state index contributed by atoms with van der Waals surface area (Å²) in [6.07, 6.45) is 2.32. The number of hydrogen-bond acceptors (Lipinski definition) is 3. The van der Waals surface area contributed by atoms with Crippen LogP contribution in [0.4, 0.5) is 5.69 Å². The summed E-state index contributed by atoms with van der Waals surface area (Å²) in [7, 11) is 0. The molecule has 0 spiro atoms. The quantitative estimate of drug-likeness (QED) is 0.855. The first kappa shape index (κ1) is 20.7. The summed E-state index contributed by atoms with van der Waals surface area (Å²) in [5.41, 5.74) is 7.89. The van der Waals surface area contributed by atoms with Gasteiger partial charge in [-0.2, -0.15) is 0 Å². The van der Waals surface area contributed by atoms with Crippen LogP contribution in [0.25, 0.3) is 0 Å². The van der Waals surface area contributed by atoms with Crippen LogP contribution in [0.15, 0.2) is 24.3 Å². The zero-order valence-electron chi connectivity index (χ0n) is 15.7. The Morgan fingerprint density at radius 1 is 1.31 bits per heavy atom. The molecule has 1 aromatic carbocycles. The highest BCUT2D eigenvalue weighted by Gasteiger charge is 2.39. The van der Waals surface area contributed by atoms with E-state index in [2.05, 4.69) is 19.9 Å². The van der Waals surface area contributed by atoms with Gasteiger partial charge in [0.2, 0.25) is 11.8 Å². The Morgan fingerprint density at radius 2 is 2.04 bits per heavy atom. The largest absolute Gasteiger partial charge is 0.342 e. The highest BCUT2D eigenvalue weighted by molar-refractivity contribution is 6.01. The van der Waals surface area contributed by atoms with Crippen molar-refractivity contribution in [2.45, 2.75) is 39.0 Å². The maximum atomic E-state index is 12.8. The van der Waals surface area contributed by atoms with E-state index in [1.54, 1.807) is 0 Å². The number of amides is 2. The fraction of sp³-hybridized carbons (Fsp3) is 0.600. The monoisotopic (exact) mass is 379 g/mol. The molecule has 2 amide bonds. The molecule has 2 heterocycles. The second-order valence-electron chi connectivity index (χ2n) is 7.45. The Labute approximate surface area is 162 Å². The number of halogens is 1. The minimum Gasteiger partial charge on any atom is -0.342 e. The molecule has 2 fully saturated rings. The van der Waals surface area contributed by atoms with Crippen molar-refractivity contribution in [3.63, 3.8) is 0 Å². The Kier molecular flexibility index (Phi) is 7.07. The minimum absolute atomic E-state index is 0. The third-order valence-electron chi connectivity index (χ3n) is 5.78. The van der Waals surface area contributed by atoms with Crippen LogP contribution in [0.2, 0.25) is 0 Å². The lowest BCUT2D eigenvalue weighted by Crippen LogP contribution is -2.36. The van der Waals surface area contributed by atoms with Crippen molar-refractivity contribution < 1.29 is 9.59 Å². The Hall–Kier alpha value is -1.59. The van der Waals surface area contributed by atoms with E-state index in [0.29, 0.717) is 31.3 Å². The first-order valence-corrected chi connectivity index (χ1v) is 9.43. The SMILES string of the molecule is CCC(C)c1ccccc1N1CC(C(=O)N2CCC(CN)C2)CC1=O.Cl. The lowest BCUT2D eigenvalue weighted by molar-refractivity contribution is -0.134. The van der Waals surface area contributed by atoms with Gasteiger partial charge in [-0.1, -0.05) is 32.0 Å². The third kappa shape index (κ3) is 4.04. The molecule has 0 aromatic heterocycles. The van der Waals surface area contributed by atoms with E-state index in [0.717, 1.165) is 31.6 Å². The van der Waals surface area contributed by atoms with Gasteiger partial charge in [-0.15, -0.1) is 12.4 Å². The zero-order chi connectivity index (χ0) is 18.0. The standard InChI is InChI=1S/C20H29N3O2.ClH/c1-3-14(2)17-6-4-5-7-18(17)23-13-16(10-19(23)24)20(25)22-9-8-15(11-21)12-22;/h4-7,14-16H,3,8-13,21H2,1-2H3;1H. The van der Waals surface area contributed by atoms with E-state index in [1.807, 2.05) is 28.0 Å². The van der Waals surface area contributed by atoms with Crippen LogP contribution < -0.4 is 10.6 Å². The maximum Gasteiger partial charge on any atom is 0.228 e. The molecule has 0 saturated carbocycles. The fourth-order valence-corrected chi connectivity index (χ4v) is 3.96. The number of anilines is 1. The second kappa shape index (κ2) is 8.87. The van der Waals surface area contributed by atoms with Gasteiger partial charge >= 0.3 is 0 Å². The van der Waals surface area contributed by atoms with Gasteiger partial charge in [0.25, 0.3) is 0 Å². The average Bonchev–Trinajstić information content (AvgIpc) is 3.27. The van der Waals surface area contributed by atoms with Gasteiger partial charge in [-0.25, -0.2) is 0 Å². The summed E-state index contributed by atoms with van der Waals surface area (Å²) in [6, 6.07) is 8.09. The van der Waals surface area contributed by atoms with Crippen molar-refractivity contribution in [2.24, 2.45) is 17.6 Å². The molecule has 0 radical (unpaired) electrons. The number of benzene rings is 1. The van der Waals surface area contributed by atoms with Gasteiger partial charge in [0.15, 0.2) is 0 Å².